The van der Waals surface area contributed by atoms with Gasteiger partial charge in [0.2, 0.25) is 0 Å². The molecule has 1 saturated heterocycles. The van der Waals surface area contributed by atoms with Crippen molar-refractivity contribution >= 4 is 5.97 Å². The van der Waals surface area contributed by atoms with Crippen molar-refractivity contribution in [2.75, 3.05) is 19.8 Å². The monoisotopic (exact) mass is 251 g/mol. The Labute approximate surface area is 106 Å². The number of aryl methyl sites for hydroxylation is 1. The van der Waals surface area contributed by atoms with E-state index in [1.807, 2.05) is 13.0 Å². The number of carbonyl (C=O) groups is 1. The Bertz CT molecular complexity index is 427. The molecule has 1 fully saturated rings. The molecule has 5 heteroatoms. The van der Waals surface area contributed by atoms with Crippen LogP contribution in [0.2, 0.25) is 0 Å². The molecule has 0 aliphatic carbocycles. The van der Waals surface area contributed by atoms with Crippen molar-refractivity contribution in [2.45, 2.75) is 26.6 Å². The lowest BCUT2D eigenvalue weighted by atomic mass is 10.1. The second-order valence-corrected chi connectivity index (χ2v) is 4.08. The van der Waals surface area contributed by atoms with Gasteiger partial charge >= 0.3 is 5.97 Å². The molecule has 5 nitrogen and oxygen atoms in total. The molecule has 0 radical (unpaired) electrons. The first kappa shape index (κ1) is 13.0. The molecule has 18 heavy (non-hydrogen) atoms. The normalized spacial score (nSPS) is 16.6. The summed E-state index contributed by atoms with van der Waals surface area (Å²) in [5, 5.41) is 0. The Morgan fingerprint density at radius 3 is 2.83 bits per heavy atom. The number of pyridine rings is 1. The standard InChI is InChI=1S/C13H17NO4/c1-3-16-12(15)11-9(2)7-10(8-14-11)13-17-5-4-6-18-13/h7-8,13H,3-6H2,1-2H3. The molecular weight excluding hydrogens is 234 g/mol. The first-order valence-electron chi connectivity index (χ1n) is 6.09. The summed E-state index contributed by atoms with van der Waals surface area (Å²) < 4.78 is 15.9. The summed E-state index contributed by atoms with van der Waals surface area (Å²) in [6.45, 7) is 5.31. The summed E-state index contributed by atoms with van der Waals surface area (Å²) in [7, 11) is 0. The smallest absolute Gasteiger partial charge is 0.357 e. The molecule has 1 aromatic heterocycles. The molecular formula is C13H17NO4. The van der Waals surface area contributed by atoms with E-state index in [0.29, 0.717) is 25.5 Å². The van der Waals surface area contributed by atoms with Crippen LogP contribution in [0.4, 0.5) is 0 Å². The topological polar surface area (TPSA) is 57.7 Å². The van der Waals surface area contributed by atoms with E-state index in [4.69, 9.17) is 14.2 Å². The Hall–Kier alpha value is -1.46. The van der Waals surface area contributed by atoms with E-state index in [-0.39, 0.29) is 6.29 Å². The van der Waals surface area contributed by atoms with Crippen LogP contribution < -0.4 is 0 Å². The van der Waals surface area contributed by atoms with Crippen LogP contribution in [0.1, 0.15) is 41.2 Å². The van der Waals surface area contributed by atoms with E-state index in [9.17, 15) is 4.79 Å². The Morgan fingerprint density at radius 1 is 1.50 bits per heavy atom. The average molecular weight is 251 g/mol. The summed E-state index contributed by atoms with van der Waals surface area (Å²) >= 11 is 0. The minimum atomic E-state index is -0.396. The van der Waals surface area contributed by atoms with Gasteiger partial charge < -0.3 is 14.2 Å². The van der Waals surface area contributed by atoms with Crippen LogP contribution in [0.15, 0.2) is 12.3 Å². The predicted octanol–water partition coefficient (Wildman–Crippen LogP) is 2.00. The second-order valence-electron chi connectivity index (χ2n) is 4.08. The van der Waals surface area contributed by atoms with Gasteiger partial charge in [-0.15, -0.1) is 0 Å². The van der Waals surface area contributed by atoms with Crippen LogP contribution in [-0.2, 0) is 14.2 Å². The number of esters is 1. The zero-order chi connectivity index (χ0) is 13.0. The highest BCUT2D eigenvalue weighted by Gasteiger charge is 2.19. The maximum absolute atomic E-state index is 11.6. The van der Waals surface area contributed by atoms with Crippen molar-refractivity contribution in [3.63, 3.8) is 0 Å². The van der Waals surface area contributed by atoms with Gasteiger partial charge in [0.1, 0.15) is 0 Å². The highest BCUT2D eigenvalue weighted by atomic mass is 16.7. The summed E-state index contributed by atoms with van der Waals surface area (Å²) in [4.78, 5) is 15.7. The van der Waals surface area contributed by atoms with Crippen molar-refractivity contribution in [2.24, 2.45) is 0 Å². The van der Waals surface area contributed by atoms with Crippen LogP contribution in [0.25, 0.3) is 0 Å². The Morgan fingerprint density at radius 2 is 2.22 bits per heavy atom. The van der Waals surface area contributed by atoms with Crippen molar-refractivity contribution in [3.05, 3.63) is 29.1 Å². The maximum Gasteiger partial charge on any atom is 0.357 e. The largest absolute Gasteiger partial charge is 0.461 e. The average Bonchev–Trinajstić information content (AvgIpc) is 2.40. The molecule has 0 aromatic carbocycles. The van der Waals surface area contributed by atoms with E-state index < -0.39 is 5.97 Å². The fraction of sp³-hybridized carbons (Fsp3) is 0.538. The fourth-order valence-corrected chi connectivity index (χ4v) is 1.82. The van der Waals surface area contributed by atoms with E-state index in [1.165, 1.54) is 0 Å². The number of rotatable bonds is 3. The zero-order valence-corrected chi connectivity index (χ0v) is 10.6. The lowest BCUT2D eigenvalue weighted by Gasteiger charge is -2.23. The highest BCUT2D eigenvalue weighted by molar-refractivity contribution is 5.88. The fourth-order valence-electron chi connectivity index (χ4n) is 1.82. The molecule has 0 bridgehead atoms. The Kier molecular flexibility index (Phi) is 4.28. The highest BCUT2D eigenvalue weighted by Crippen LogP contribution is 2.23. The second kappa shape index (κ2) is 5.93. The van der Waals surface area contributed by atoms with Gasteiger partial charge in [-0.3, -0.25) is 0 Å². The molecule has 0 saturated carbocycles. The quantitative estimate of drug-likeness (QED) is 0.769. The number of carbonyl (C=O) groups excluding carboxylic acids is 1. The minimum absolute atomic E-state index is 0.344. The van der Waals surface area contributed by atoms with E-state index in [0.717, 1.165) is 17.5 Å². The third-order valence-corrected chi connectivity index (χ3v) is 2.67. The number of ether oxygens (including phenoxy) is 3. The summed E-state index contributed by atoms with van der Waals surface area (Å²) in [6, 6.07) is 1.86. The van der Waals surface area contributed by atoms with Crippen LogP contribution in [0, 0.1) is 6.92 Å². The van der Waals surface area contributed by atoms with Crippen molar-refractivity contribution in [3.8, 4) is 0 Å². The van der Waals surface area contributed by atoms with Gasteiger partial charge in [-0.1, -0.05) is 0 Å². The molecule has 2 rings (SSSR count). The van der Waals surface area contributed by atoms with Crippen molar-refractivity contribution in [1.29, 1.82) is 0 Å². The van der Waals surface area contributed by atoms with E-state index >= 15 is 0 Å². The molecule has 0 N–H and O–H groups in total. The van der Waals surface area contributed by atoms with E-state index in [1.54, 1.807) is 13.1 Å². The minimum Gasteiger partial charge on any atom is -0.461 e. The molecule has 2 heterocycles. The van der Waals surface area contributed by atoms with Gasteiger partial charge in [0.15, 0.2) is 12.0 Å². The first-order chi connectivity index (χ1) is 8.72. The SMILES string of the molecule is CCOC(=O)c1ncc(C2OCCCO2)cc1C. The molecule has 1 aromatic rings. The first-order valence-corrected chi connectivity index (χ1v) is 6.09. The maximum atomic E-state index is 11.6. The van der Waals surface area contributed by atoms with E-state index in [2.05, 4.69) is 4.98 Å². The summed E-state index contributed by atoms with van der Waals surface area (Å²) in [5.74, 6) is -0.396. The predicted molar refractivity (Wildman–Crippen MR) is 64.2 cm³/mol. The molecule has 0 unspecified atom stereocenters. The third kappa shape index (κ3) is 2.86. The summed E-state index contributed by atoms with van der Waals surface area (Å²) in [6.07, 6.45) is 2.14. The van der Waals surface area contributed by atoms with Gasteiger partial charge in [-0.05, 0) is 31.9 Å². The number of aromatic nitrogens is 1. The Balaban J connectivity index is 2.16. The molecule has 1 aliphatic heterocycles. The van der Waals surface area contributed by atoms with Gasteiger partial charge in [-0.25, -0.2) is 9.78 Å². The number of hydrogen-bond acceptors (Lipinski definition) is 5. The zero-order valence-electron chi connectivity index (χ0n) is 10.6. The van der Waals surface area contributed by atoms with Crippen molar-refractivity contribution in [1.82, 2.24) is 4.98 Å². The lowest BCUT2D eigenvalue weighted by Crippen LogP contribution is -2.18. The van der Waals surface area contributed by atoms with Crippen LogP contribution in [-0.4, -0.2) is 30.8 Å². The summed E-state index contributed by atoms with van der Waals surface area (Å²) in [5.41, 5.74) is 1.94. The number of nitrogens with zero attached hydrogens (tertiary/aromatic N) is 1. The third-order valence-electron chi connectivity index (χ3n) is 2.67. The van der Waals surface area contributed by atoms with Gasteiger partial charge in [0.25, 0.3) is 0 Å². The van der Waals surface area contributed by atoms with Crippen LogP contribution >= 0.6 is 0 Å². The molecule has 0 spiro atoms. The van der Waals surface area contributed by atoms with Crippen molar-refractivity contribution < 1.29 is 19.0 Å². The number of hydrogen-bond donors (Lipinski definition) is 0. The molecule has 0 amide bonds. The molecule has 1 aliphatic rings. The molecule has 98 valence electrons. The van der Waals surface area contributed by atoms with Crippen LogP contribution in [0.5, 0.6) is 0 Å². The van der Waals surface area contributed by atoms with Crippen LogP contribution in [0.3, 0.4) is 0 Å². The van der Waals surface area contributed by atoms with Gasteiger partial charge in [0.05, 0.1) is 19.8 Å². The van der Waals surface area contributed by atoms with Gasteiger partial charge in [-0.2, -0.15) is 0 Å². The van der Waals surface area contributed by atoms with Gasteiger partial charge in [0, 0.05) is 11.8 Å². The lowest BCUT2D eigenvalue weighted by molar-refractivity contribution is -0.183. The molecule has 0 atom stereocenters.